The van der Waals surface area contributed by atoms with Gasteiger partial charge in [0.15, 0.2) is 0 Å². The maximum Gasteiger partial charge on any atom is 0.140 e. The molecule has 0 unspecified atom stereocenters. The summed E-state index contributed by atoms with van der Waals surface area (Å²) in [5.74, 6) is 5.21. The molecule has 42 heavy (non-hydrogen) atoms. The fourth-order valence-corrected chi connectivity index (χ4v) is 13.9. The van der Waals surface area contributed by atoms with Crippen molar-refractivity contribution < 1.29 is 48.0 Å². The van der Waals surface area contributed by atoms with E-state index in [1.807, 2.05) is 0 Å². The summed E-state index contributed by atoms with van der Waals surface area (Å²) in [7, 11) is -4.33. The van der Waals surface area contributed by atoms with Crippen molar-refractivity contribution in [3.8, 4) is 0 Å². The summed E-state index contributed by atoms with van der Waals surface area (Å²) in [6.07, 6.45) is 0. The van der Waals surface area contributed by atoms with Gasteiger partial charge in [-0.05, 0) is 72.8 Å². The minimum absolute atomic E-state index is 0. The van der Waals surface area contributed by atoms with Gasteiger partial charge in [-0.3, -0.25) is 0 Å². The first-order valence-corrected chi connectivity index (χ1v) is 17.4. The molecule has 208 valence electrons. The molecule has 0 atom stereocenters. The fourth-order valence-electron chi connectivity index (χ4n) is 5.59. The number of hydrogen-bond donors (Lipinski definition) is 0. The van der Waals surface area contributed by atoms with Gasteiger partial charge in [-0.1, -0.05) is 109 Å². The van der Waals surface area contributed by atoms with E-state index in [0.717, 1.165) is 0 Å². The Labute approximate surface area is 285 Å². The van der Waals surface area contributed by atoms with Gasteiger partial charge < -0.3 is 48.0 Å². The average Bonchev–Trinajstić information content (AvgIpc) is 3.06. The third-order valence-corrected chi connectivity index (χ3v) is 15.6. The van der Waals surface area contributed by atoms with Gasteiger partial charge >= 0.3 is 0 Å². The van der Waals surface area contributed by atoms with Crippen LogP contribution in [0.3, 0.4) is 0 Å². The lowest BCUT2D eigenvalue weighted by atomic mass is 10.4. The predicted octanol–water partition coefficient (Wildman–Crippen LogP) is 1.45. The van der Waals surface area contributed by atoms with E-state index in [-0.39, 0.29) is 48.0 Å². The molecule has 0 aliphatic rings. The topological polar surface area (TPSA) is 0 Å². The quantitative estimate of drug-likeness (QED) is 0.162. The average molecular weight is 804 g/mol. The molecule has 0 N–H and O–H groups in total. The number of benzene rings is 6. The summed E-state index contributed by atoms with van der Waals surface area (Å²) in [5.41, 5.74) is 0. The van der Waals surface area contributed by atoms with Gasteiger partial charge in [-0.2, -0.15) is 0 Å². The van der Waals surface area contributed by atoms with Crippen LogP contribution in [0.5, 0.6) is 0 Å². The Balaban J connectivity index is 0.00000202. The van der Waals surface area contributed by atoms with Crippen molar-refractivity contribution in [3.63, 3.8) is 0 Å². The molecule has 0 aliphatic heterocycles. The number of halogens is 2. The Morgan fingerprint density at radius 2 is 0.381 bits per heavy atom. The van der Waals surface area contributed by atoms with Crippen molar-refractivity contribution >= 4 is 46.4 Å². The molecule has 0 nitrogen and oxygen atoms in total. The Bertz CT molecular complexity index is 1340. The highest BCUT2D eigenvalue weighted by molar-refractivity contribution is 8.01. The molecular formula is C38H32I2P2. The smallest absolute Gasteiger partial charge is 0.140 e. The van der Waals surface area contributed by atoms with Crippen molar-refractivity contribution in [1.29, 1.82) is 0 Å². The van der Waals surface area contributed by atoms with E-state index in [2.05, 4.69) is 194 Å². The van der Waals surface area contributed by atoms with Crippen LogP contribution in [-0.4, -0.2) is 0 Å². The zero-order valence-corrected chi connectivity index (χ0v) is 29.2. The molecule has 0 spiro atoms. The van der Waals surface area contributed by atoms with E-state index in [0.29, 0.717) is 0 Å². The molecule has 4 heteroatoms. The van der Waals surface area contributed by atoms with E-state index in [1.165, 1.54) is 31.8 Å². The zero-order valence-electron chi connectivity index (χ0n) is 23.1. The molecule has 6 rings (SSSR count). The van der Waals surface area contributed by atoms with Crippen LogP contribution in [0.2, 0.25) is 0 Å². The van der Waals surface area contributed by atoms with Crippen LogP contribution in [0, 0.1) is 0 Å². The minimum Gasteiger partial charge on any atom is -1.00 e. The first-order chi connectivity index (χ1) is 19.8. The summed E-state index contributed by atoms with van der Waals surface area (Å²) >= 11 is 0. The van der Waals surface area contributed by atoms with Crippen LogP contribution in [-0.2, 0) is 0 Å². The summed E-state index contributed by atoms with van der Waals surface area (Å²) < 4.78 is 0. The van der Waals surface area contributed by atoms with Crippen molar-refractivity contribution in [1.82, 2.24) is 0 Å². The molecular weight excluding hydrogens is 772 g/mol. The second kappa shape index (κ2) is 15.2. The highest BCUT2D eigenvalue weighted by Gasteiger charge is 2.49. The summed E-state index contributed by atoms with van der Waals surface area (Å²) in [6.45, 7) is 0. The van der Waals surface area contributed by atoms with Gasteiger partial charge in [0.1, 0.15) is 58.0 Å². The third-order valence-electron chi connectivity index (χ3n) is 7.49. The number of hydrogen-bond acceptors (Lipinski definition) is 0. The molecule has 0 amide bonds. The van der Waals surface area contributed by atoms with E-state index in [1.54, 1.807) is 0 Å². The Morgan fingerprint density at radius 1 is 0.238 bits per heavy atom. The maximum absolute atomic E-state index is 2.60. The first kappa shape index (κ1) is 32.3. The fraction of sp³-hybridized carbons (Fsp3) is 0. The van der Waals surface area contributed by atoms with Gasteiger partial charge in [-0.25, -0.2) is 0 Å². The van der Waals surface area contributed by atoms with Crippen molar-refractivity contribution in [2.24, 2.45) is 0 Å². The number of rotatable bonds is 8. The predicted molar refractivity (Wildman–Crippen MR) is 179 cm³/mol. The maximum atomic E-state index is 2.60. The molecule has 0 radical (unpaired) electrons. The normalized spacial score (nSPS) is 11.3. The summed E-state index contributed by atoms with van der Waals surface area (Å²) in [4.78, 5) is 0. The van der Waals surface area contributed by atoms with Crippen LogP contribution >= 0.6 is 14.5 Å². The van der Waals surface area contributed by atoms with Crippen molar-refractivity contribution in [3.05, 3.63) is 194 Å². The molecule has 0 aromatic heterocycles. The van der Waals surface area contributed by atoms with Crippen LogP contribution < -0.4 is 79.8 Å². The van der Waals surface area contributed by atoms with Crippen LogP contribution in [0.1, 0.15) is 0 Å². The highest BCUT2D eigenvalue weighted by atomic mass is 127. The van der Waals surface area contributed by atoms with Crippen LogP contribution in [0.25, 0.3) is 0 Å². The largest absolute Gasteiger partial charge is 1.00 e. The molecule has 0 fully saturated rings. The molecule has 6 aromatic carbocycles. The molecule has 0 saturated carbocycles. The van der Waals surface area contributed by atoms with E-state index < -0.39 is 14.5 Å². The molecule has 6 aromatic rings. The Kier molecular flexibility index (Phi) is 11.7. The molecule has 0 aliphatic carbocycles. The van der Waals surface area contributed by atoms with Gasteiger partial charge in [0.05, 0.1) is 0 Å². The lowest BCUT2D eigenvalue weighted by Gasteiger charge is -2.27. The van der Waals surface area contributed by atoms with Gasteiger partial charge in [0.2, 0.25) is 0 Å². The standard InChI is InChI=1S/C38H32P2.2HI/c1-7-19-33(20-8-1)39(34-21-9-2-10-22-34,35-23-11-3-12-24-35)31-32-40(36-25-13-4-14-26-36,37-27-15-5-16-28-37)38-29-17-6-18-30-38;;/h1-32H;2*1H/q+2;;/p-2/b32-31+;;. The van der Waals surface area contributed by atoms with E-state index in [9.17, 15) is 0 Å². The third kappa shape index (κ3) is 6.33. The lowest BCUT2D eigenvalue weighted by molar-refractivity contribution is -0.001000. The van der Waals surface area contributed by atoms with Crippen LogP contribution in [0.4, 0.5) is 0 Å². The van der Waals surface area contributed by atoms with Crippen molar-refractivity contribution in [2.75, 3.05) is 0 Å². The second-order valence-electron chi connectivity index (χ2n) is 9.76. The molecule has 0 heterocycles. The van der Waals surface area contributed by atoms with Gasteiger partial charge in [0.25, 0.3) is 0 Å². The van der Waals surface area contributed by atoms with E-state index >= 15 is 0 Å². The Morgan fingerprint density at radius 3 is 0.524 bits per heavy atom. The highest BCUT2D eigenvalue weighted by Crippen LogP contribution is 2.63. The summed E-state index contributed by atoms with van der Waals surface area (Å²) in [5, 5.41) is 8.14. The van der Waals surface area contributed by atoms with Gasteiger partial charge in [-0.15, -0.1) is 0 Å². The lowest BCUT2D eigenvalue weighted by Crippen LogP contribution is -3.00. The first-order valence-electron chi connectivity index (χ1n) is 13.7. The zero-order chi connectivity index (χ0) is 27.1. The molecule has 0 saturated heterocycles. The SMILES string of the molecule is C(=C\[P+](c1ccccc1)(c1ccccc1)c1ccccc1)/[P+](c1ccccc1)(c1ccccc1)c1ccccc1.[I-].[I-]. The van der Waals surface area contributed by atoms with Crippen molar-refractivity contribution in [2.45, 2.75) is 0 Å². The van der Waals surface area contributed by atoms with Gasteiger partial charge in [0, 0.05) is 0 Å². The minimum atomic E-state index is -2.16. The molecule has 0 bridgehead atoms. The second-order valence-corrected chi connectivity index (χ2v) is 16.3. The monoisotopic (exact) mass is 804 g/mol. The Hall–Kier alpha value is -2.62. The summed E-state index contributed by atoms with van der Waals surface area (Å²) in [6, 6.07) is 66.6. The van der Waals surface area contributed by atoms with Crippen LogP contribution in [0.15, 0.2) is 194 Å². The van der Waals surface area contributed by atoms with E-state index in [4.69, 9.17) is 0 Å².